The SMILES string of the molecule is CC1(C)CC(O)(C2(C#N)CCCCCCC2)C(C)(C)O1. The second-order valence-electron chi connectivity index (χ2n) is 7.87. The van der Waals surface area contributed by atoms with E-state index in [4.69, 9.17) is 4.74 Å². The molecule has 0 aromatic heterocycles. The van der Waals surface area contributed by atoms with Crippen LogP contribution in [-0.4, -0.2) is 21.9 Å². The minimum absolute atomic E-state index is 0.371. The molecule has 2 aliphatic rings. The number of rotatable bonds is 1. The molecule has 3 heteroatoms. The summed E-state index contributed by atoms with van der Waals surface area (Å²) in [6, 6.07) is 2.53. The lowest BCUT2D eigenvalue weighted by Crippen LogP contribution is -2.58. The van der Waals surface area contributed by atoms with Crippen molar-refractivity contribution in [2.24, 2.45) is 5.41 Å². The zero-order chi connectivity index (χ0) is 15.1. The normalized spacial score (nSPS) is 35.8. The maximum atomic E-state index is 11.5. The van der Waals surface area contributed by atoms with Crippen LogP contribution in [0.15, 0.2) is 0 Å². The molecule has 2 rings (SSSR count). The highest BCUT2D eigenvalue weighted by Crippen LogP contribution is 2.57. The molecule has 1 saturated carbocycles. The minimum atomic E-state index is -1.06. The van der Waals surface area contributed by atoms with Crippen molar-refractivity contribution < 1.29 is 9.84 Å². The highest BCUT2D eigenvalue weighted by atomic mass is 16.5. The Morgan fingerprint density at radius 1 is 0.950 bits per heavy atom. The van der Waals surface area contributed by atoms with Gasteiger partial charge in [-0.1, -0.05) is 32.1 Å². The van der Waals surface area contributed by atoms with Crippen LogP contribution in [0.25, 0.3) is 0 Å². The van der Waals surface area contributed by atoms with E-state index >= 15 is 0 Å². The molecule has 1 aliphatic heterocycles. The summed E-state index contributed by atoms with van der Waals surface area (Å²) in [5, 5.41) is 21.4. The van der Waals surface area contributed by atoms with Crippen molar-refractivity contribution in [3.63, 3.8) is 0 Å². The molecular weight excluding hydrogens is 250 g/mol. The average Bonchev–Trinajstić information content (AvgIpc) is 2.43. The smallest absolute Gasteiger partial charge is 0.114 e. The molecule has 1 unspecified atom stereocenters. The van der Waals surface area contributed by atoms with Gasteiger partial charge in [-0.3, -0.25) is 0 Å². The molecule has 1 atom stereocenters. The Morgan fingerprint density at radius 3 is 1.85 bits per heavy atom. The number of nitrogens with zero attached hydrogens (tertiary/aromatic N) is 1. The molecule has 1 aliphatic carbocycles. The van der Waals surface area contributed by atoms with Gasteiger partial charge in [0.15, 0.2) is 0 Å². The number of aliphatic hydroxyl groups is 1. The number of hydrogen-bond acceptors (Lipinski definition) is 3. The Morgan fingerprint density at radius 2 is 1.45 bits per heavy atom. The predicted molar refractivity (Wildman–Crippen MR) is 79.2 cm³/mol. The van der Waals surface area contributed by atoms with Gasteiger partial charge in [0.05, 0.1) is 22.7 Å². The van der Waals surface area contributed by atoms with Gasteiger partial charge in [-0.25, -0.2) is 0 Å². The Labute approximate surface area is 123 Å². The molecule has 0 radical (unpaired) electrons. The van der Waals surface area contributed by atoms with Crippen molar-refractivity contribution in [2.45, 2.75) is 95.9 Å². The number of nitriles is 1. The molecule has 0 spiro atoms. The fourth-order valence-electron chi connectivity index (χ4n) is 4.51. The van der Waals surface area contributed by atoms with Gasteiger partial charge in [0.25, 0.3) is 0 Å². The van der Waals surface area contributed by atoms with Crippen LogP contribution in [0.2, 0.25) is 0 Å². The van der Waals surface area contributed by atoms with Crippen LogP contribution in [0.5, 0.6) is 0 Å². The first-order valence-corrected chi connectivity index (χ1v) is 8.02. The molecule has 114 valence electrons. The maximum Gasteiger partial charge on any atom is 0.114 e. The summed E-state index contributed by atoms with van der Waals surface area (Å²) in [6.45, 7) is 7.92. The van der Waals surface area contributed by atoms with E-state index in [1.807, 2.05) is 27.7 Å². The Hall–Kier alpha value is -0.590. The third-order valence-corrected chi connectivity index (χ3v) is 5.42. The highest BCUT2D eigenvalue weighted by molar-refractivity contribution is 5.21. The van der Waals surface area contributed by atoms with Crippen molar-refractivity contribution in [1.29, 1.82) is 5.26 Å². The van der Waals surface area contributed by atoms with Crippen LogP contribution in [0, 0.1) is 16.7 Å². The van der Waals surface area contributed by atoms with Gasteiger partial charge in [0.1, 0.15) is 5.60 Å². The quantitative estimate of drug-likeness (QED) is 0.790. The van der Waals surface area contributed by atoms with Crippen molar-refractivity contribution in [3.8, 4) is 6.07 Å². The van der Waals surface area contributed by atoms with Crippen LogP contribution < -0.4 is 0 Å². The van der Waals surface area contributed by atoms with Crippen molar-refractivity contribution in [2.75, 3.05) is 0 Å². The fraction of sp³-hybridized carbons (Fsp3) is 0.941. The molecule has 0 aromatic rings. The predicted octanol–water partition coefficient (Wildman–Crippen LogP) is 3.95. The lowest BCUT2D eigenvalue weighted by Gasteiger charge is -2.47. The second-order valence-corrected chi connectivity index (χ2v) is 7.87. The summed E-state index contributed by atoms with van der Waals surface area (Å²) in [7, 11) is 0. The second kappa shape index (κ2) is 5.00. The van der Waals surface area contributed by atoms with E-state index in [9.17, 15) is 10.4 Å². The van der Waals surface area contributed by atoms with Gasteiger partial charge in [0.2, 0.25) is 0 Å². The van der Waals surface area contributed by atoms with Crippen LogP contribution >= 0.6 is 0 Å². The van der Waals surface area contributed by atoms with Gasteiger partial charge < -0.3 is 9.84 Å². The molecular formula is C17H29NO2. The third kappa shape index (κ3) is 2.38. The van der Waals surface area contributed by atoms with Gasteiger partial charge in [-0.05, 0) is 40.5 Å². The van der Waals surface area contributed by atoms with E-state index in [1.165, 1.54) is 19.3 Å². The largest absolute Gasteiger partial charge is 0.385 e. The van der Waals surface area contributed by atoms with Crippen LogP contribution in [0.4, 0.5) is 0 Å². The third-order valence-electron chi connectivity index (χ3n) is 5.42. The first kappa shape index (κ1) is 15.8. The molecule has 2 fully saturated rings. The standard InChI is InChI=1S/C17H29NO2/c1-14(2)12-17(19,15(3,4)20-14)16(13-18)10-8-6-5-7-9-11-16/h19H,5-12H2,1-4H3. The van der Waals surface area contributed by atoms with E-state index in [2.05, 4.69) is 6.07 Å². The Kier molecular flexibility index (Phi) is 3.95. The molecule has 0 bridgehead atoms. The molecule has 1 heterocycles. The van der Waals surface area contributed by atoms with Gasteiger partial charge in [-0.2, -0.15) is 5.26 Å². The van der Waals surface area contributed by atoms with Crippen LogP contribution in [-0.2, 0) is 4.74 Å². The summed E-state index contributed by atoms with van der Waals surface area (Å²) >= 11 is 0. The molecule has 1 N–H and O–H groups in total. The number of hydrogen-bond donors (Lipinski definition) is 1. The van der Waals surface area contributed by atoms with E-state index in [0.29, 0.717) is 6.42 Å². The lowest BCUT2D eigenvalue weighted by atomic mass is 9.59. The molecule has 20 heavy (non-hydrogen) atoms. The summed E-state index contributed by atoms with van der Waals surface area (Å²) in [5.41, 5.74) is -2.77. The molecule has 0 aromatic carbocycles. The van der Waals surface area contributed by atoms with Crippen molar-refractivity contribution >= 4 is 0 Å². The monoisotopic (exact) mass is 279 g/mol. The zero-order valence-corrected chi connectivity index (χ0v) is 13.5. The summed E-state index contributed by atoms with van der Waals surface area (Å²) < 4.78 is 6.10. The van der Waals surface area contributed by atoms with Gasteiger partial charge in [-0.15, -0.1) is 0 Å². The van der Waals surface area contributed by atoms with Gasteiger partial charge >= 0.3 is 0 Å². The summed E-state index contributed by atoms with van der Waals surface area (Å²) in [5.74, 6) is 0. The molecule has 1 saturated heterocycles. The van der Waals surface area contributed by atoms with Crippen molar-refractivity contribution in [1.82, 2.24) is 0 Å². The number of ether oxygens (including phenoxy) is 1. The topological polar surface area (TPSA) is 53.2 Å². The zero-order valence-electron chi connectivity index (χ0n) is 13.5. The average molecular weight is 279 g/mol. The van der Waals surface area contributed by atoms with Crippen LogP contribution in [0.1, 0.15) is 79.1 Å². The summed E-state index contributed by atoms with van der Waals surface area (Å²) in [4.78, 5) is 0. The van der Waals surface area contributed by atoms with E-state index < -0.39 is 16.6 Å². The Bertz CT molecular complexity index is 400. The van der Waals surface area contributed by atoms with E-state index in [0.717, 1.165) is 25.7 Å². The van der Waals surface area contributed by atoms with Crippen molar-refractivity contribution in [3.05, 3.63) is 0 Å². The highest BCUT2D eigenvalue weighted by Gasteiger charge is 2.66. The molecule has 0 amide bonds. The lowest BCUT2D eigenvalue weighted by molar-refractivity contribution is -0.169. The maximum absolute atomic E-state index is 11.5. The fourth-order valence-corrected chi connectivity index (χ4v) is 4.51. The van der Waals surface area contributed by atoms with Gasteiger partial charge in [0, 0.05) is 6.42 Å². The first-order valence-electron chi connectivity index (χ1n) is 8.02. The van der Waals surface area contributed by atoms with E-state index in [1.54, 1.807) is 0 Å². The Balaban J connectivity index is 2.40. The van der Waals surface area contributed by atoms with Crippen LogP contribution in [0.3, 0.4) is 0 Å². The summed E-state index contributed by atoms with van der Waals surface area (Å²) in [6.07, 6.45) is 7.80. The molecule has 3 nitrogen and oxygen atoms in total. The minimum Gasteiger partial charge on any atom is -0.385 e. The van der Waals surface area contributed by atoms with E-state index in [-0.39, 0.29) is 5.60 Å². The first-order chi connectivity index (χ1) is 9.18.